The Morgan fingerprint density at radius 3 is 0.800 bits per heavy atom. The molecule has 0 radical (unpaired) electrons. The lowest BCUT2D eigenvalue weighted by Crippen LogP contribution is -2.30. The maximum Gasteiger partial charge on any atom is 0.472 e. The maximum atomic E-state index is 13.0. The Hall–Kier alpha value is -1.94. The molecule has 504 valence electrons. The van der Waals surface area contributed by atoms with Crippen molar-refractivity contribution < 1.29 is 80.2 Å². The minimum atomic E-state index is -4.94. The van der Waals surface area contributed by atoms with E-state index in [1.807, 2.05) is 0 Å². The third-order valence-corrected chi connectivity index (χ3v) is 17.2. The summed E-state index contributed by atoms with van der Waals surface area (Å²) in [6.07, 6.45) is 45.0. The molecule has 0 aromatic rings. The average molecular weight is 1260 g/mol. The SMILES string of the molecule is CCCCCCCCCCCCCCCCCCCCCC(=O)O[C@H](COC(=O)CCCCCCCCCCCCC(C)C)COP(=O)(O)OC[C@@H](O)COP(=O)(O)OC[C@@H](COC(=O)CCCCCCC)OC(=O)CCCCCCCCCC. The van der Waals surface area contributed by atoms with E-state index in [1.54, 1.807) is 0 Å². The highest BCUT2D eigenvalue weighted by atomic mass is 31.2. The van der Waals surface area contributed by atoms with Crippen molar-refractivity contribution in [2.24, 2.45) is 5.92 Å². The van der Waals surface area contributed by atoms with Crippen LogP contribution in [0.5, 0.6) is 0 Å². The molecule has 0 fully saturated rings. The Morgan fingerprint density at radius 2 is 0.541 bits per heavy atom. The fraction of sp³-hybridized carbons (Fsp3) is 0.939. The summed E-state index contributed by atoms with van der Waals surface area (Å²) in [6, 6.07) is 0. The summed E-state index contributed by atoms with van der Waals surface area (Å²) in [6.45, 7) is 7.09. The highest BCUT2D eigenvalue weighted by Gasteiger charge is 2.30. The van der Waals surface area contributed by atoms with E-state index < -0.39 is 97.5 Å². The molecule has 19 heteroatoms. The third kappa shape index (κ3) is 60.7. The Morgan fingerprint density at radius 1 is 0.318 bits per heavy atom. The molecule has 0 aliphatic heterocycles. The molecule has 0 aromatic heterocycles. The van der Waals surface area contributed by atoms with Crippen molar-refractivity contribution >= 4 is 39.5 Å². The van der Waals surface area contributed by atoms with E-state index in [1.165, 1.54) is 148 Å². The summed E-state index contributed by atoms with van der Waals surface area (Å²) in [5.74, 6) is -1.38. The first-order valence-electron chi connectivity index (χ1n) is 34.6. The molecule has 0 bridgehead atoms. The molecule has 0 saturated heterocycles. The first kappa shape index (κ1) is 83.1. The zero-order valence-electron chi connectivity index (χ0n) is 54.7. The molecule has 3 N–H and O–H groups in total. The van der Waals surface area contributed by atoms with Gasteiger partial charge in [0.15, 0.2) is 12.2 Å². The van der Waals surface area contributed by atoms with Crippen molar-refractivity contribution in [1.82, 2.24) is 0 Å². The summed E-state index contributed by atoms with van der Waals surface area (Å²) in [4.78, 5) is 72.0. The van der Waals surface area contributed by atoms with Gasteiger partial charge in [0.05, 0.1) is 26.4 Å². The second kappa shape index (κ2) is 59.7. The Kier molecular flexibility index (Phi) is 58.3. The predicted octanol–water partition coefficient (Wildman–Crippen LogP) is 18.6. The first-order valence-corrected chi connectivity index (χ1v) is 37.6. The van der Waals surface area contributed by atoms with Crippen LogP contribution in [0.15, 0.2) is 0 Å². The number of phosphoric ester groups is 2. The van der Waals surface area contributed by atoms with Gasteiger partial charge in [-0.25, -0.2) is 9.13 Å². The topological polar surface area (TPSA) is 237 Å². The van der Waals surface area contributed by atoms with Crippen molar-refractivity contribution in [3.8, 4) is 0 Å². The molecule has 0 saturated carbocycles. The number of phosphoric acid groups is 2. The van der Waals surface area contributed by atoms with E-state index in [2.05, 4.69) is 34.6 Å². The smallest absolute Gasteiger partial charge is 0.462 e. The number of ether oxygens (including phenoxy) is 4. The van der Waals surface area contributed by atoms with Crippen LogP contribution in [0.3, 0.4) is 0 Å². The summed E-state index contributed by atoms with van der Waals surface area (Å²) < 4.78 is 67.8. The Balaban J connectivity index is 5.12. The summed E-state index contributed by atoms with van der Waals surface area (Å²) in [7, 11) is -9.88. The van der Waals surface area contributed by atoms with Gasteiger partial charge in [-0.2, -0.15) is 0 Å². The number of esters is 4. The van der Waals surface area contributed by atoms with Crippen molar-refractivity contribution in [2.45, 2.75) is 355 Å². The lowest BCUT2D eigenvalue weighted by Gasteiger charge is -2.21. The molecule has 0 amide bonds. The van der Waals surface area contributed by atoms with Crippen LogP contribution < -0.4 is 0 Å². The van der Waals surface area contributed by atoms with Crippen LogP contribution in [0.1, 0.15) is 336 Å². The van der Waals surface area contributed by atoms with Crippen molar-refractivity contribution in [1.29, 1.82) is 0 Å². The van der Waals surface area contributed by atoms with Crippen LogP contribution in [0.4, 0.5) is 0 Å². The van der Waals surface area contributed by atoms with Crippen molar-refractivity contribution in [3.05, 3.63) is 0 Å². The van der Waals surface area contributed by atoms with Crippen molar-refractivity contribution in [3.63, 3.8) is 0 Å². The number of carbonyl (C=O) groups excluding carboxylic acids is 4. The van der Waals surface area contributed by atoms with E-state index >= 15 is 0 Å². The maximum absolute atomic E-state index is 13.0. The van der Waals surface area contributed by atoms with Gasteiger partial charge in [0.1, 0.15) is 19.3 Å². The molecule has 0 aliphatic rings. The van der Waals surface area contributed by atoms with E-state index in [-0.39, 0.29) is 25.7 Å². The normalized spacial score (nSPS) is 14.2. The predicted molar refractivity (Wildman–Crippen MR) is 340 cm³/mol. The second-order valence-corrected chi connectivity index (χ2v) is 27.2. The lowest BCUT2D eigenvalue weighted by atomic mass is 10.0. The van der Waals surface area contributed by atoms with Crippen LogP contribution in [-0.2, 0) is 65.4 Å². The quantitative estimate of drug-likeness (QED) is 0.0222. The largest absolute Gasteiger partial charge is 0.472 e. The molecule has 2 unspecified atom stereocenters. The summed E-state index contributed by atoms with van der Waals surface area (Å²) >= 11 is 0. The molecular weight excluding hydrogens is 1130 g/mol. The number of hydrogen-bond donors (Lipinski definition) is 3. The van der Waals surface area contributed by atoms with E-state index in [0.29, 0.717) is 25.7 Å². The van der Waals surface area contributed by atoms with Gasteiger partial charge >= 0.3 is 39.5 Å². The van der Waals surface area contributed by atoms with Gasteiger partial charge in [-0.1, -0.05) is 285 Å². The fourth-order valence-electron chi connectivity index (χ4n) is 9.94. The molecule has 0 aliphatic carbocycles. The molecule has 0 heterocycles. The molecule has 0 rings (SSSR count). The summed E-state index contributed by atoms with van der Waals surface area (Å²) in [5, 5.41) is 10.5. The van der Waals surface area contributed by atoms with E-state index in [4.69, 9.17) is 37.0 Å². The summed E-state index contributed by atoms with van der Waals surface area (Å²) in [5.41, 5.74) is 0. The van der Waals surface area contributed by atoms with Gasteiger partial charge in [0.2, 0.25) is 0 Å². The van der Waals surface area contributed by atoms with Gasteiger partial charge in [0.25, 0.3) is 0 Å². The van der Waals surface area contributed by atoms with Gasteiger partial charge in [-0.05, 0) is 31.6 Å². The zero-order chi connectivity index (χ0) is 62.8. The fourth-order valence-corrected chi connectivity index (χ4v) is 11.5. The van der Waals surface area contributed by atoms with Crippen LogP contribution >= 0.6 is 15.6 Å². The molecule has 0 spiro atoms. The number of aliphatic hydroxyl groups excluding tert-OH is 1. The van der Waals surface area contributed by atoms with Crippen LogP contribution in [0.2, 0.25) is 0 Å². The Bertz CT molecular complexity index is 1650. The highest BCUT2D eigenvalue weighted by Crippen LogP contribution is 2.45. The van der Waals surface area contributed by atoms with Crippen LogP contribution in [-0.4, -0.2) is 96.7 Å². The monoisotopic (exact) mass is 1250 g/mol. The first-order chi connectivity index (χ1) is 41.0. The van der Waals surface area contributed by atoms with Gasteiger partial charge in [0, 0.05) is 25.7 Å². The second-order valence-electron chi connectivity index (χ2n) is 24.3. The Labute approximate surface area is 517 Å². The van der Waals surface area contributed by atoms with Crippen LogP contribution in [0, 0.1) is 5.92 Å². The minimum Gasteiger partial charge on any atom is -0.462 e. The number of hydrogen-bond acceptors (Lipinski definition) is 15. The molecule has 0 aromatic carbocycles. The third-order valence-electron chi connectivity index (χ3n) is 15.3. The van der Waals surface area contributed by atoms with Gasteiger partial charge in [-0.3, -0.25) is 37.3 Å². The molecule has 85 heavy (non-hydrogen) atoms. The number of unbranched alkanes of at least 4 members (excludes halogenated alkanes) is 38. The highest BCUT2D eigenvalue weighted by molar-refractivity contribution is 7.47. The lowest BCUT2D eigenvalue weighted by molar-refractivity contribution is -0.161. The standard InChI is InChI=1S/C66H128O17P2/c1-6-9-12-15-17-19-20-21-22-23-24-25-26-27-28-33-37-42-47-52-66(71)83-62(56-77-64(69)50-45-40-36-32-30-29-31-34-39-43-48-59(4)5)58-81-85(74,75)79-54-60(67)53-78-84(72,73)80-57-61(55-76-63(68)49-44-38-14-11-8-3)82-65(70)51-46-41-35-18-16-13-10-7-2/h59-62,67H,6-58H2,1-5H3,(H,72,73)(H,74,75)/t60-,61+,62+/m0/s1. The number of aliphatic hydroxyl groups is 1. The molecule has 5 atom stereocenters. The van der Waals surface area contributed by atoms with Crippen molar-refractivity contribution in [2.75, 3.05) is 39.6 Å². The molecule has 17 nitrogen and oxygen atoms in total. The van der Waals surface area contributed by atoms with Gasteiger partial charge in [-0.15, -0.1) is 0 Å². The van der Waals surface area contributed by atoms with Crippen LogP contribution in [0.25, 0.3) is 0 Å². The molecular formula is C66H128O17P2. The number of carbonyl (C=O) groups is 4. The average Bonchev–Trinajstić information content (AvgIpc) is 3.47. The number of rotatable bonds is 66. The zero-order valence-corrected chi connectivity index (χ0v) is 56.5. The van der Waals surface area contributed by atoms with E-state index in [0.717, 1.165) is 109 Å². The minimum absolute atomic E-state index is 0.104. The van der Waals surface area contributed by atoms with E-state index in [9.17, 15) is 43.2 Å². The van der Waals surface area contributed by atoms with Gasteiger partial charge < -0.3 is 33.8 Å².